The second-order valence-electron chi connectivity index (χ2n) is 5.96. The molecule has 5 nitrogen and oxygen atoms in total. The lowest BCUT2D eigenvalue weighted by molar-refractivity contribution is -0.123. The summed E-state index contributed by atoms with van der Waals surface area (Å²) in [6.07, 6.45) is 1.55. The van der Waals surface area contributed by atoms with Gasteiger partial charge in [-0.1, -0.05) is 12.1 Å². The fourth-order valence-corrected chi connectivity index (χ4v) is 2.43. The SMILES string of the molecule is Cc1cccc(OCC(=O)NC(C)c2ncc(-c3ccc(F)cc3)o2)c1. The van der Waals surface area contributed by atoms with Crippen molar-refractivity contribution < 1.29 is 18.3 Å². The summed E-state index contributed by atoms with van der Waals surface area (Å²) >= 11 is 0. The van der Waals surface area contributed by atoms with E-state index >= 15 is 0 Å². The van der Waals surface area contributed by atoms with E-state index in [0.717, 1.165) is 5.56 Å². The van der Waals surface area contributed by atoms with Gasteiger partial charge in [0, 0.05) is 5.56 Å². The maximum absolute atomic E-state index is 13.0. The minimum Gasteiger partial charge on any atom is -0.484 e. The number of carbonyl (C=O) groups is 1. The van der Waals surface area contributed by atoms with E-state index in [1.54, 1.807) is 31.3 Å². The van der Waals surface area contributed by atoms with Crippen molar-refractivity contribution in [1.29, 1.82) is 0 Å². The molecule has 0 aliphatic carbocycles. The number of amides is 1. The number of oxazole rings is 1. The number of nitrogens with zero attached hydrogens (tertiary/aromatic N) is 1. The molecule has 0 aliphatic rings. The van der Waals surface area contributed by atoms with Crippen LogP contribution in [0.4, 0.5) is 4.39 Å². The topological polar surface area (TPSA) is 64.4 Å². The van der Waals surface area contributed by atoms with E-state index in [1.165, 1.54) is 12.1 Å². The molecule has 1 aromatic heterocycles. The minimum absolute atomic E-state index is 0.0979. The number of halogens is 1. The van der Waals surface area contributed by atoms with E-state index in [0.29, 0.717) is 23.0 Å². The normalized spacial score (nSPS) is 11.8. The van der Waals surface area contributed by atoms with Crippen LogP contribution in [0.2, 0.25) is 0 Å². The Hall–Kier alpha value is -3.15. The number of benzene rings is 2. The van der Waals surface area contributed by atoms with Crippen LogP contribution in [-0.2, 0) is 4.79 Å². The van der Waals surface area contributed by atoms with E-state index in [4.69, 9.17) is 9.15 Å². The Morgan fingerprint density at radius 3 is 2.77 bits per heavy atom. The highest BCUT2D eigenvalue weighted by Gasteiger charge is 2.16. The molecule has 2 aromatic carbocycles. The molecule has 134 valence electrons. The van der Waals surface area contributed by atoms with Gasteiger partial charge in [-0.05, 0) is 55.8 Å². The van der Waals surface area contributed by atoms with Crippen LogP contribution in [0.3, 0.4) is 0 Å². The molecule has 26 heavy (non-hydrogen) atoms. The number of ether oxygens (including phenoxy) is 1. The molecule has 0 spiro atoms. The number of nitrogens with one attached hydrogen (secondary N) is 1. The highest BCUT2D eigenvalue weighted by molar-refractivity contribution is 5.77. The van der Waals surface area contributed by atoms with Crippen LogP contribution < -0.4 is 10.1 Å². The molecule has 1 amide bonds. The van der Waals surface area contributed by atoms with Crippen LogP contribution >= 0.6 is 0 Å². The monoisotopic (exact) mass is 354 g/mol. The Balaban J connectivity index is 1.56. The van der Waals surface area contributed by atoms with E-state index in [2.05, 4.69) is 10.3 Å². The molecule has 0 fully saturated rings. The lowest BCUT2D eigenvalue weighted by Crippen LogP contribution is -2.31. The van der Waals surface area contributed by atoms with Crippen molar-refractivity contribution in [2.75, 3.05) is 6.61 Å². The zero-order chi connectivity index (χ0) is 18.5. The van der Waals surface area contributed by atoms with Gasteiger partial charge in [0.25, 0.3) is 5.91 Å². The van der Waals surface area contributed by atoms with Crippen molar-refractivity contribution in [3.05, 3.63) is 72.0 Å². The van der Waals surface area contributed by atoms with Crippen molar-refractivity contribution >= 4 is 5.91 Å². The van der Waals surface area contributed by atoms with Gasteiger partial charge in [-0.2, -0.15) is 0 Å². The van der Waals surface area contributed by atoms with Gasteiger partial charge < -0.3 is 14.5 Å². The third-order valence-corrected chi connectivity index (χ3v) is 3.76. The van der Waals surface area contributed by atoms with Gasteiger partial charge in [0.05, 0.1) is 6.20 Å². The fourth-order valence-electron chi connectivity index (χ4n) is 2.43. The zero-order valence-corrected chi connectivity index (χ0v) is 14.5. The third-order valence-electron chi connectivity index (χ3n) is 3.76. The lowest BCUT2D eigenvalue weighted by Gasteiger charge is -2.11. The number of carbonyl (C=O) groups excluding carboxylic acids is 1. The highest BCUT2D eigenvalue weighted by atomic mass is 19.1. The van der Waals surface area contributed by atoms with Gasteiger partial charge in [-0.3, -0.25) is 4.79 Å². The first-order chi connectivity index (χ1) is 12.5. The minimum atomic E-state index is -0.419. The van der Waals surface area contributed by atoms with Crippen LogP contribution in [-0.4, -0.2) is 17.5 Å². The molecule has 3 rings (SSSR count). The summed E-state index contributed by atoms with van der Waals surface area (Å²) in [5.41, 5.74) is 1.77. The number of hydrogen-bond donors (Lipinski definition) is 1. The first-order valence-electron chi connectivity index (χ1n) is 8.22. The van der Waals surface area contributed by atoms with Crippen LogP contribution in [0, 0.1) is 12.7 Å². The predicted molar refractivity (Wildman–Crippen MR) is 95.1 cm³/mol. The molecule has 1 unspecified atom stereocenters. The molecule has 1 heterocycles. The summed E-state index contributed by atoms with van der Waals surface area (Å²) < 4.78 is 24.1. The Kier molecular flexibility index (Phi) is 5.31. The Bertz CT molecular complexity index is 890. The molecule has 1 atom stereocenters. The molecule has 0 saturated heterocycles. The summed E-state index contributed by atoms with van der Waals surface area (Å²) in [6, 6.07) is 13.0. The first-order valence-corrected chi connectivity index (χ1v) is 8.22. The molecular formula is C20H19FN2O3. The summed E-state index contributed by atoms with van der Waals surface area (Å²) in [5.74, 6) is 0.927. The molecule has 3 aromatic rings. The molecule has 1 N–H and O–H groups in total. The van der Waals surface area contributed by atoms with Gasteiger partial charge in [-0.15, -0.1) is 0 Å². The van der Waals surface area contributed by atoms with Crippen molar-refractivity contribution in [3.8, 4) is 17.1 Å². The highest BCUT2D eigenvalue weighted by Crippen LogP contribution is 2.23. The van der Waals surface area contributed by atoms with E-state index in [9.17, 15) is 9.18 Å². The van der Waals surface area contributed by atoms with Gasteiger partial charge in [0.15, 0.2) is 12.4 Å². The van der Waals surface area contributed by atoms with Gasteiger partial charge in [0.2, 0.25) is 5.89 Å². The Morgan fingerprint density at radius 1 is 1.27 bits per heavy atom. The average Bonchev–Trinajstić information content (AvgIpc) is 3.11. The van der Waals surface area contributed by atoms with Crippen LogP contribution in [0.1, 0.15) is 24.4 Å². The lowest BCUT2D eigenvalue weighted by atomic mass is 10.2. The van der Waals surface area contributed by atoms with Crippen molar-refractivity contribution in [2.45, 2.75) is 19.9 Å². The first kappa shape index (κ1) is 17.7. The van der Waals surface area contributed by atoms with E-state index in [-0.39, 0.29) is 18.3 Å². The predicted octanol–water partition coefficient (Wildman–Crippen LogP) is 4.05. The van der Waals surface area contributed by atoms with Crippen LogP contribution in [0.25, 0.3) is 11.3 Å². The summed E-state index contributed by atoms with van der Waals surface area (Å²) in [4.78, 5) is 16.2. The van der Waals surface area contributed by atoms with Crippen molar-refractivity contribution in [3.63, 3.8) is 0 Å². The number of hydrogen-bond acceptors (Lipinski definition) is 4. The summed E-state index contributed by atoms with van der Waals surface area (Å²) in [5, 5.41) is 2.77. The maximum Gasteiger partial charge on any atom is 0.258 e. The quantitative estimate of drug-likeness (QED) is 0.725. The standard InChI is InChI=1S/C20H19FN2O3/c1-13-4-3-5-17(10-13)25-12-19(24)23-14(2)20-22-11-18(26-20)15-6-8-16(21)9-7-15/h3-11,14H,12H2,1-2H3,(H,23,24). The second-order valence-corrected chi connectivity index (χ2v) is 5.96. The fraction of sp³-hybridized carbons (Fsp3) is 0.200. The van der Waals surface area contributed by atoms with Gasteiger partial charge >= 0.3 is 0 Å². The van der Waals surface area contributed by atoms with Gasteiger partial charge in [-0.25, -0.2) is 9.37 Å². The Morgan fingerprint density at radius 2 is 2.04 bits per heavy atom. The number of aryl methyl sites for hydroxylation is 1. The molecular weight excluding hydrogens is 335 g/mol. The van der Waals surface area contributed by atoms with Crippen molar-refractivity contribution in [1.82, 2.24) is 10.3 Å². The summed E-state index contributed by atoms with van der Waals surface area (Å²) in [7, 11) is 0. The second kappa shape index (κ2) is 7.82. The number of rotatable bonds is 6. The maximum atomic E-state index is 13.0. The molecule has 0 aliphatic heterocycles. The molecule has 0 saturated carbocycles. The van der Waals surface area contributed by atoms with Crippen molar-refractivity contribution in [2.24, 2.45) is 0 Å². The van der Waals surface area contributed by atoms with Crippen LogP contribution in [0.5, 0.6) is 5.75 Å². The summed E-state index contributed by atoms with van der Waals surface area (Å²) in [6.45, 7) is 3.63. The average molecular weight is 354 g/mol. The van der Waals surface area contributed by atoms with Crippen LogP contribution in [0.15, 0.2) is 59.1 Å². The largest absolute Gasteiger partial charge is 0.484 e. The third kappa shape index (κ3) is 4.47. The Labute approximate surface area is 150 Å². The van der Waals surface area contributed by atoms with Gasteiger partial charge in [0.1, 0.15) is 17.6 Å². The molecule has 0 radical (unpaired) electrons. The number of aromatic nitrogens is 1. The van der Waals surface area contributed by atoms with E-state index in [1.807, 2.05) is 25.1 Å². The zero-order valence-electron chi connectivity index (χ0n) is 14.5. The smallest absolute Gasteiger partial charge is 0.258 e. The molecule has 0 bridgehead atoms. The van der Waals surface area contributed by atoms with E-state index < -0.39 is 6.04 Å². The molecule has 6 heteroatoms.